The molecule has 2 N–H and O–H groups in total. The van der Waals surface area contributed by atoms with E-state index in [1.54, 1.807) is 0 Å². The Balaban J connectivity index is 1.65. The molecule has 4 nitrogen and oxygen atoms in total. The van der Waals surface area contributed by atoms with Gasteiger partial charge in [0.25, 0.3) is 0 Å². The van der Waals surface area contributed by atoms with Crippen molar-refractivity contribution in [3.8, 4) is 0 Å². The third-order valence-electron chi connectivity index (χ3n) is 5.11. The summed E-state index contributed by atoms with van der Waals surface area (Å²) in [5.74, 6) is 1.38. The van der Waals surface area contributed by atoms with Gasteiger partial charge in [-0.1, -0.05) is 0 Å². The summed E-state index contributed by atoms with van der Waals surface area (Å²) in [5.41, 5.74) is -0.447. The lowest BCUT2D eigenvalue weighted by atomic mass is 9.53. The Morgan fingerprint density at radius 1 is 0.900 bits per heavy atom. The molecule has 0 unspecified atom stereocenters. The van der Waals surface area contributed by atoms with Gasteiger partial charge in [-0.2, -0.15) is 0 Å². The fraction of sp³-hybridized carbons (Fsp3) is 0.875. The van der Waals surface area contributed by atoms with E-state index in [1.807, 2.05) is 20.8 Å². The lowest BCUT2D eigenvalue weighted by Crippen LogP contribution is -2.62. The first kappa shape index (κ1) is 13.9. The minimum Gasteiger partial charge on any atom is -0.343 e. The highest BCUT2D eigenvalue weighted by Crippen LogP contribution is 2.55. The van der Waals surface area contributed by atoms with E-state index in [2.05, 4.69) is 10.6 Å². The predicted molar refractivity (Wildman–Crippen MR) is 76.9 cm³/mol. The first-order chi connectivity index (χ1) is 9.25. The van der Waals surface area contributed by atoms with Crippen LogP contribution in [0.15, 0.2) is 0 Å². The van der Waals surface area contributed by atoms with E-state index in [9.17, 15) is 9.59 Å². The van der Waals surface area contributed by atoms with Gasteiger partial charge in [-0.05, 0) is 77.0 Å². The topological polar surface area (TPSA) is 58.2 Å². The number of hydrogen-bond donors (Lipinski definition) is 2. The van der Waals surface area contributed by atoms with Gasteiger partial charge in [0.15, 0.2) is 0 Å². The molecule has 0 heterocycles. The molecular weight excluding hydrogens is 252 g/mol. The van der Waals surface area contributed by atoms with Gasteiger partial charge in [0.2, 0.25) is 0 Å². The summed E-state index contributed by atoms with van der Waals surface area (Å²) in [6, 6.07) is 0. The second kappa shape index (κ2) is 4.47. The maximum absolute atomic E-state index is 12.2. The summed E-state index contributed by atoms with van der Waals surface area (Å²) < 4.78 is 0. The van der Waals surface area contributed by atoms with Crippen LogP contribution in [0.2, 0.25) is 0 Å². The number of hydrogen-bond acceptors (Lipinski definition) is 2. The molecule has 4 aliphatic carbocycles. The van der Waals surface area contributed by atoms with Crippen molar-refractivity contribution in [1.82, 2.24) is 10.6 Å². The molecule has 4 heteroatoms. The fourth-order valence-corrected chi connectivity index (χ4v) is 4.96. The summed E-state index contributed by atoms with van der Waals surface area (Å²) in [4.78, 5) is 24.1. The summed E-state index contributed by atoms with van der Waals surface area (Å²) in [5, 5.41) is 5.85. The monoisotopic (exact) mass is 278 g/mol. The number of rotatable bonds is 1. The zero-order valence-electron chi connectivity index (χ0n) is 12.8. The van der Waals surface area contributed by atoms with Crippen molar-refractivity contribution in [2.75, 3.05) is 0 Å². The Hall–Kier alpha value is -1.06. The molecular formula is C16H26N2O2. The Kier molecular flexibility index (Phi) is 3.11. The Morgan fingerprint density at radius 3 is 1.75 bits per heavy atom. The van der Waals surface area contributed by atoms with Crippen molar-refractivity contribution in [2.24, 2.45) is 17.8 Å². The van der Waals surface area contributed by atoms with Gasteiger partial charge in [-0.25, -0.2) is 0 Å². The molecule has 20 heavy (non-hydrogen) atoms. The summed E-state index contributed by atoms with van der Waals surface area (Å²) in [6.45, 7) is 5.68. The van der Waals surface area contributed by atoms with Crippen LogP contribution in [0.4, 0.5) is 0 Å². The van der Waals surface area contributed by atoms with Crippen molar-refractivity contribution in [3.63, 3.8) is 0 Å². The van der Waals surface area contributed by atoms with E-state index in [-0.39, 0.29) is 11.1 Å². The predicted octanol–water partition coefficient (Wildman–Crippen LogP) is 1.99. The van der Waals surface area contributed by atoms with E-state index in [0.29, 0.717) is 0 Å². The summed E-state index contributed by atoms with van der Waals surface area (Å²) in [7, 11) is 0. The number of amides is 2. The van der Waals surface area contributed by atoms with Crippen LogP contribution in [-0.4, -0.2) is 22.9 Å². The highest BCUT2D eigenvalue weighted by Gasteiger charge is 2.51. The lowest BCUT2D eigenvalue weighted by molar-refractivity contribution is -0.143. The third-order valence-corrected chi connectivity index (χ3v) is 5.11. The van der Waals surface area contributed by atoms with E-state index in [0.717, 1.165) is 37.0 Å². The molecule has 4 fully saturated rings. The summed E-state index contributed by atoms with van der Waals surface area (Å²) >= 11 is 0. The van der Waals surface area contributed by atoms with Crippen LogP contribution in [0.1, 0.15) is 59.3 Å². The van der Waals surface area contributed by atoms with Gasteiger partial charge in [0.05, 0.1) is 0 Å². The molecule has 4 bridgehead atoms. The Bertz CT molecular complexity index is 401. The van der Waals surface area contributed by atoms with Gasteiger partial charge in [-0.15, -0.1) is 0 Å². The molecule has 0 aromatic rings. The van der Waals surface area contributed by atoms with Crippen molar-refractivity contribution in [1.29, 1.82) is 0 Å². The zero-order valence-corrected chi connectivity index (χ0v) is 12.8. The minimum absolute atomic E-state index is 0.0823. The number of carbonyl (C=O) groups excluding carboxylic acids is 2. The van der Waals surface area contributed by atoms with Crippen LogP contribution >= 0.6 is 0 Å². The Morgan fingerprint density at radius 2 is 1.35 bits per heavy atom. The SMILES string of the molecule is CC(C)(C)NC(=O)C(=O)NC12CC3CC(CC(C3)C1)C2. The van der Waals surface area contributed by atoms with E-state index >= 15 is 0 Å². The van der Waals surface area contributed by atoms with Gasteiger partial charge < -0.3 is 10.6 Å². The van der Waals surface area contributed by atoms with Crippen LogP contribution in [0.3, 0.4) is 0 Å². The highest BCUT2D eigenvalue weighted by molar-refractivity contribution is 6.35. The van der Waals surface area contributed by atoms with Gasteiger partial charge in [-0.3, -0.25) is 9.59 Å². The van der Waals surface area contributed by atoms with Crippen LogP contribution in [0, 0.1) is 17.8 Å². The van der Waals surface area contributed by atoms with Gasteiger partial charge in [0, 0.05) is 11.1 Å². The first-order valence-electron chi connectivity index (χ1n) is 7.89. The molecule has 0 radical (unpaired) electrons. The normalized spacial score (nSPS) is 38.6. The quantitative estimate of drug-likeness (QED) is 0.721. The smallest absolute Gasteiger partial charge is 0.309 e. The van der Waals surface area contributed by atoms with Gasteiger partial charge in [0.1, 0.15) is 0 Å². The first-order valence-corrected chi connectivity index (χ1v) is 7.89. The molecule has 4 aliphatic rings. The maximum Gasteiger partial charge on any atom is 0.309 e. The van der Waals surface area contributed by atoms with Crippen LogP contribution in [0.25, 0.3) is 0 Å². The van der Waals surface area contributed by atoms with Crippen LogP contribution in [0.5, 0.6) is 0 Å². The van der Waals surface area contributed by atoms with E-state index in [1.165, 1.54) is 19.3 Å². The molecule has 0 aromatic carbocycles. The fourth-order valence-electron chi connectivity index (χ4n) is 4.96. The molecule has 4 rings (SSSR count). The standard InChI is InChI=1S/C16H26N2O2/c1-15(2,3)17-13(19)14(20)18-16-7-10-4-11(8-16)6-12(5-10)9-16/h10-12H,4-9H2,1-3H3,(H,17,19)(H,18,20). The molecule has 112 valence electrons. The molecule has 0 spiro atoms. The van der Waals surface area contributed by atoms with Crippen molar-refractivity contribution >= 4 is 11.8 Å². The van der Waals surface area contributed by atoms with Gasteiger partial charge >= 0.3 is 11.8 Å². The van der Waals surface area contributed by atoms with Crippen molar-refractivity contribution < 1.29 is 9.59 Å². The zero-order chi connectivity index (χ0) is 14.5. The average Bonchev–Trinajstić information content (AvgIpc) is 2.23. The van der Waals surface area contributed by atoms with Crippen molar-refractivity contribution in [2.45, 2.75) is 70.4 Å². The number of carbonyl (C=O) groups is 2. The van der Waals surface area contributed by atoms with E-state index < -0.39 is 11.8 Å². The van der Waals surface area contributed by atoms with Crippen molar-refractivity contribution in [3.05, 3.63) is 0 Å². The second-order valence-electron chi connectivity index (χ2n) is 8.36. The Labute approximate surface area is 121 Å². The lowest BCUT2D eigenvalue weighted by Gasteiger charge is -2.56. The molecule has 0 aromatic heterocycles. The van der Waals surface area contributed by atoms with Crippen LogP contribution < -0.4 is 10.6 Å². The largest absolute Gasteiger partial charge is 0.343 e. The highest BCUT2D eigenvalue weighted by atomic mass is 16.2. The minimum atomic E-state index is -0.492. The summed E-state index contributed by atoms with van der Waals surface area (Å²) in [6.07, 6.45) is 7.24. The van der Waals surface area contributed by atoms with Crippen LogP contribution in [-0.2, 0) is 9.59 Å². The number of nitrogens with one attached hydrogen (secondary N) is 2. The second-order valence-corrected chi connectivity index (χ2v) is 8.36. The maximum atomic E-state index is 12.2. The molecule has 0 saturated heterocycles. The molecule has 0 aliphatic heterocycles. The average molecular weight is 278 g/mol. The molecule has 0 atom stereocenters. The third kappa shape index (κ3) is 2.70. The molecule has 2 amide bonds. The molecule has 4 saturated carbocycles. The van der Waals surface area contributed by atoms with E-state index in [4.69, 9.17) is 0 Å².